The van der Waals surface area contributed by atoms with Crippen LogP contribution in [0.2, 0.25) is 0 Å². The summed E-state index contributed by atoms with van der Waals surface area (Å²) in [7, 11) is 0. The highest BCUT2D eigenvalue weighted by atomic mass is 32.1. The number of rotatable bonds is 9. The Kier molecular flexibility index (Phi) is 8.07. The molecule has 0 saturated heterocycles. The van der Waals surface area contributed by atoms with Crippen LogP contribution in [-0.4, -0.2) is 28.1 Å². The van der Waals surface area contributed by atoms with E-state index in [1.807, 2.05) is 20.8 Å². The minimum atomic E-state index is -4.38. The van der Waals surface area contributed by atoms with Crippen molar-refractivity contribution in [3.63, 3.8) is 0 Å². The van der Waals surface area contributed by atoms with Gasteiger partial charge < -0.3 is 9.84 Å². The molecule has 1 heterocycles. The number of ketones is 1. The van der Waals surface area contributed by atoms with Gasteiger partial charge in [-0.1, -0.05) is 26.0 Å². The summed E-state index contributed by atoms with van der Waals surface area (Å²) in [5.41, 5.74) is 1.46. The first kappa shape index (κ1) is 26.9. The summed E-state index contributed by atoms with van der Waals surface area (Å²) in [6.45, 7) is 9.31. The van der Waals surface area contributed by atoms with Gasteiger partial charge in [-0.25, -0.2) is 4.98 Å². The number of nitrogens with zero attached hydrogens (tertiary/aromatic N) is 1. The van der Waals surface area contributed by atoms with E-state index < -0.39 is 17.3 Å². The highest BCUT2D eigenvalue weighted by molar-refractivity contribution is 7.15. The summed E-state index contributed by atoms with van der Waals surface area (Å²) in [6.07, 6.45) is -3.59. The number of thiazole rings is 1. The molecule has 1 aromatic heterocycles. The predicted molar refractivity (Wildman–Crippen MR) is 132 cm³/mol. The summed E-state index contributed by atoms with van der Waals surface area (Å²) < 4.78 is 44.5. The maximum atomic E-state index is 12.9. The van der Waals surface area contributed by atoms with Gasteiger partial charge in [0, 0.05) is 22.4 Å². The van der Waals surface area contributed by atoms with Gasteiger partial charge >= 0.3 is 6.18 Å². The van der Waals surface area contributed by atoms with Gasteiger partial charge in [0.2, 0.25) is 0 Å². The van der Waals surface area contributed by atoms with Gasteiger partial charge in [0.05, 0.1) is 17.9 Å². The lowest BCUT2D eigenvalue weighted by molar-refractivity contribution is -0.137. The van der Waals surface area contributed by atoms with E-state index in [1.165, 1.54) is 23.5 Å². The van der Waals surface area contributed by atoms with Gasteiger partial charge in [-0.05, 0) is 69.0 Å². The summed E-state index contributed by atoms with van der Waals surface area (Å²) in [4.78, 5) is 18.6. The second-order valence-electron chi connectivity index (χ2n) is 9.48. The molecular formula is C27H30F3NO3S. The van der Waals surface area contributed by atoms with Crippen LogP contribution in [0, 0.1) is 6.92 Å². The summed E-state index contributed by atoms with van der Waals surface area (Å²) >= 11 is 1.42. The van der Waals surface area contributed by atoms with Crippen molar-refractivity contribution >= 4 is 17.1 Å². The predicted octanol–water partition coefficient (Wildman–Crippen LogP) is 7.23. The van der Waals surface area contributed by atoms with Crippen molar-refractivity contribution in [3.8, 4) is 16.3 Å². The van der Waals surface area contributed by atoms with Gasteiger partial charge in [0.1, 0.15) is 16.4 Å². The van der Waals surface area contributed by atoms with E-state index in [4.69, 9.17) is 4.74 Å². The van der Waals surface area contributed by atoms with Crippen LogP contribution in [-0.2, 0) is 12.6 Å². The Bertz CT molecular complexity index is 1180. The quantitative estimate of drug-likeness (QED) is 0.312. The van der Waals surface area contributed by atoms with E-state index in [-0.39, 0.29) is 24.7 Å². The average molecular weight is 506 g/mol. The number of hydrogen-bond donors (Lipinski definition) is 1. The lowest BCUT2D eigenvalue weighted by Gasteiger charge is -2.25. The molecular weight excluding hydrogens is 475 g/mol. The topological polar surface area (TPSA) is 59.4 Å². The smallest absolute Gasteiger partial charge is 0.416 e. The molecule has 0 atom stereocenters. The SMILES string of the molecule is Cc1cc(C(=O)CCc2sc(-c3ccc(C(F)(F)F)cc3)nc2C(C)C)ccc1OC(C)(C)CO. The molecule has 0 aliphatic carbocycles. The standard InChI is InChI=1S/C27H30F3NO3S/c1-16(2)24-23(35-25(31-24)18-6-9-20(10-7-18)27(28,29)30)13-11-21(33)19-8-12-22(17(3)14-19)34-26(4,5)15-32/h6-10,12,14,16,32H,11,13,15H2,1-5H3. The Labute approximate surface area is 207 Å². The molecule has 3 rings (SSSR count). The van der Waals surface area contributed by atoms with Crippen LogP contribution in [0.1, 0.15) is 72.1 Å². The van der Waals surface area contributed by atoms with Crippen molar-refractivity contribution in [2.24, 2.45) is 0 Å². The number of carbonyl (C=O) groups is 1. The number of alkyl halides is 3. The highest BCUT2D eigenvalue weighted by Crippen LogP contribution is 2.35. The first-order chi connectivity index (χ1) is 16.3. The number of aliphatic hydroxyl groups is 1. The van der Waals surface area contributed by atoms with Crippen LogP contribution in [0.4, 0.5) is 13.2 Å². The number of aromatic nitrogens is 1. The van der Waals surface area contributed by atoms with Crippen molar-refractivity contribution in [2.45, 2.75) is 65.2 Å². The zero-order valence-corrected chi connectivity index (χ0v) is 21.3. The first-order valence-corrected chi connectivity index (χ1v) is 12.2. The van der Waals surface area contributed by atoms with Crippen molar-refractivity contribution in [1.29, 1.82) is 0 Å². The molecule has 0 aliphatic heterocycles. The molecule has 0 radical (unpaired) electrons. The summed E-state index contributed by atoms with van der Waals surface area (Å²) in [5, 5.41) is 10.1. The van der Waals surface area contributed by atoms with Crippen molar-refractivity contribution in [2.75, 3.05) is 6.61 Å². The highest BCUT2D eigenvalue weighted by Gasteiger charge is 2.30. The molecule has 1 N–H and O–H groups in total. The van der Waals surface area contributed by atoms with Crippen molar-refractivity contribution in [3.05, 3.63) is 69.7 Å². The number of hydrogen-bond acceptors (Lipinski definition) is 5. The van der Waals surface area contributed by atoms with E-state index >= 15 is 0 Å². The fraction of sp³-hybridized carbons (Fsp3) is 0.407. The molecule has 3 aromatic rings. The number of aryl methyl sites for hydroxylation is 2. The van der Waals surface area contributed by atoms with Crippen LogP contribution in [0.5, 0.6) is 5.75 Å². The van der Waals surface area contributed by atoms with E-state index in [1.54, 1.807) is 32.0 Å². The van der Waals surface area contributed by atoms with Crippen LogP contribution < -0.4 is 4.74 Å². The number of Topliss-reactive ketones (excluding diaryl/α,β-unsaturated/α-hetero) is 1. The molecule has 188 valence electrons. The second kappa shape index (κ2) is 10.5. The molecule has 0 unspecified atom stereocenters. The van der Waals surface area contributed by atoms with Gasteiger partial charge in [-0.3, -0.25) is 4.79 Å². The molecule has 2 aromatic carbocycles. The number of carbonyl (C=O) groups excluding carboxylic acids is 1. The molecule has 35 heavy (non-hydrogen) atoms. The molecule has 0 spiro atoms. The van der Waals surface area contributed by atoms with E-state index in [0.29, 0.717) is 28.3 Å². The minimum absolute atomic E-state index is 0.0137. The third-order valence-electron chi connectivity index (χ3n) is 5.58. The lowest BCUT2D eigenvalue weighted by Crippen LogP contribution is -2.32. The van der Waals surface area contributed by atoms with Gasteiger partial charge in [-0.2, -0.15) is 13.2 Å². The van der Waals surface area contributed by atoms with Gasteiger partial charge in [0.15, 0.2) is 5.78 Å². The monoisotopic (exact) mass is 505 g/mol. The average Bonchev–Trinajstić information content (AvgIpc) is 3.23. The third-order valence-corrected chi connectivity index (χ3v) is 6.76. The van der Waals surface area contributed by atoms with Crippen LogP contribution in [0.25, 0.3) is 10.6 Å². The number of aliphatic hydroxyl groups excluding tert-OH is 1. The number of ether oxygens (including phenoxy) is 1. The fourth-order valence-corrected chi connectivity index (χ4v) is 4.78. The summed E-state index contributed by atoms with van der Waals surface area (Å²) in [6, 6.07) is 10.3. The Morgan fingerprint density at radius 2 is 1.77 bits per heavy atom. The maximum absolute atomic E-state index is 12.9. The lowest BCUT2D eigenvalue weighted by atomic mass is 10.0. The molecule has 0 aliphatic rings. The molecule has 0 fully saturated rings. The van der Waals surface area contributed by atoms with Crippen molar-refractivity contribution < 1.29 is 27.8 Å². The maximum Gasteiger partial charge on any atom is 0.416 e. The molecule has 4 nitrogen and oxygen atoms in total. The minimum Gasteiger partial charge on any atom is -0.485 e. The fourth-order valence-electron chi connectivity index (χ4n) is 3.56. The molecule has 0 bridgehead atoms. The molecule has 8 heteroatoms. The first-order valence-electron chi connectivity index (χ1n) is 11.4. The van der Waals surface area contributed by atoms with E-state index in [0.717, 1.165) is 28.3 Å². The van der Waals surface area contributed by atoms with E-state index in [2.05, 4.69) is 4.98 Å². The largest absolute Gasteiger partial charge is 0.485 e. The normalized spacial score (nSPS) is 12.3. The Hall–Kier alpha value is -2.71. The second-order valence-corrected chi connectivity index (χ2v) is 10.6. The van der Waals surface area contributed by atoms with Crippen LogP contribution >= 0.6 is 11.3 Å². The van der Waals surface area contributed by atoms with E-state index in [9.17, 15) is 23.1 Å². The van der Waals surface area contributed by atoms with Gasteiger partial charge in [-0.15, -0.1) is 11.3 Å². The summed E-state index contributed by atoms with van der Waals surface area (Å²) in [5.74, 6) is 0.722. The third kappa shape index (κ3) is 6.70. The Morgan fingerprint density at radius 3 is 2.31 bits per heavy atom. The van der Waals surface area contributed by atoms with Crippen molar-refractivity contribution in [1.82, 2.24) is 4.98 Å². The molecule has 0 amide bonds. The zero-order chi connectivity index (χ0) is 26.0. The van der Waals surface area contributed by atoms with Crippen LogP contribution in [0.3, 0.4) is 0 Å². The number of halogens is 3. The Balaban J connectivity index is 1.75. The number of benzene rings is 2. The van der Waals surface area contributed by atoms with Gasteiger partial charge in [0.25, 0.3) is 0 Å². The van der Waals surface area contributed by atoms with Crippen LogP contribution in [0.15, 0.2) is 42.5 Å². The zero-order valence-electron chi connectivity index (χ0n) is 20.5. The Morgan fingerprint density at radius 1 is 1.11 bits per heavy atom. The molecule has 0 saturated carbocycles.